The molecule has 1 heterocycles. The van der Waals surface area contributed by atoms with E-state index in [1.54, 1.807) is 24.5 Å². The fraction of sp³-hybridized carbons (Fsp3) is 0. The number of carbonyl (C=O) groups is 1. The second kappa shape index (κ2) is 4.74. The van der Waals surface area contributed by atoms with Crippen LogP contribution in [0.2, 0.25) is 5.02 Å². The Hall–Kier alpha value is -2.33. The summed E-state index contributed by atoms with van der Waals surface area (Å²) in [4.78, 5) is 17.8. The van der Waals surface area contributed by atoms with E-state index in [4.69, 9.17) is 16.3 Å². The number of rotatable bonds is 3. The monoisotopic (exact) mass is 272 g/mol. The van der Waals surface area contributed by atoms with Gasteiger partial charge < -0.3 is 9.72 Å². The van der Waals surface area contributed by atoms with Gasteiger partial charge in [0.05, 0.1) is 22.4 Å². The summed E-state index contributed by atoms with van der Waals surface area (Å²) in [5.74, 6) is 1.24. The van der Waals surface area contributed by atoms with Gasteiger partial charge in [-0.25, -0.2) is 4.98 Å². The van der Waals surface area contributed by atoms with E-state index >= 15 is 0 Å². The summed E-state index contributed by atoms with van der Waals surface area (Å²) in [6.45, 7) is 0. The molecular formula is C14H9ClN2O2. The van der Waals surface area contributed by atoms with Gasteiger partial charge in [-0.3, -0.25) is 4.79 Å². The van der Waals surface area contributed by atoms with Crippen LogP contribution < -0.4 is 4.74 Å². The van der Waals surface area contributed by atoms with Gasteiger partial charge in [0.2, 0.25) is 0 Å². The van der Waals surface area contributed by atoms with Crippen LogP contribution >= 0.6 is 11.6 Å². The molecule has 0 fully saturated rings. The van der Waals surface area contributed by atoms with E-state index < -0.39 is 0 Å². The molecule has 0 bridgehead atoms. The number of fused-ring (bicyclic) bond motifs is 1. The lowest BCUT2D eigenvalue weighted by Gasteiger charge is -2.06. The van der Waals surface area contributed by atoms with Crippen LogP contribution in [0.4, 0.5) is 0 Å². The van der Waals surface area contributed by atoms with E-state index in [0.29, 0.717) is 28.4 Å². The highest BCUT2D eigenvalue weighted by molar-refractivity contribution is 6.33. The molecule has 1 aromatic heterocycles. The van der Waals surface area contributed by atoms with Crippen LogP contribution in [0.3, 0.4) is 0 Å². The lowest BCUT2D eigenvalue weighted by molar-refractivity contribution is 0.112. The first-order chi connectivity index (χ1) is 9.26. The van der Waals surface area contributed by atoms with Gasteiger partial charge in [-0.1, -0.05) is 11.6 Å². The molecule has 3 aromatic rings. The van der Waals surface area contributed by atoms with Gasteiger partial charge in [-0.15, -0.1) is 0 Å². The number of hydrogen-bond donors (Lipinski definition) is 1. The van der Waals surface area contributed by atoms with Crippen molar-refractivity contribution in [1.29, 1.82) is 0 Å². The predicted octanol–water partition coefficient (Wildman–Crippen LogP) is 3.82. The zero-order valence-electron chi connectivity index (χ0n) is 9.76. The van der Waals surface area contributed by atoms with Crippen molar-refractivity contribution in [1.82, 2.24) is 9.97 Å². The molecule has 0 aliphatic rings. The maximum Gasteiger partial charge on any atom is 0.151 e. The van der Waals surface area contributed by atoms with E-state index in [1.165, 1.54) is 0 Å². The van der Waals surface area contributed by atoms with Crippen LogP contribution in [-0.2, 0) is 0 Å². The zero-order chi connectivity index (χ0) is 13.2. The first-order valence-electron chi connectivity index (χ1n) is 5.62. The van der Waals surface area contributed by atoms with Gasteiger partial charge in [-0.05, 0) is 24.3 Å². The van der Waals surface area contributed by atoms with Crippen molar-refractivity contribution >= 4 is 28.9 Å². The molecule has 2 aromatic carbocycles. The number of aldehydes is 1. The summed E-state index contributed by atoms with van der Waals surface area (Å²) in [5, 5.41) is 0.369. The number of hydrogen-bond acceptors (Lipinski definition) is 3. The number of nitrogens with one attached hydrogen (secondary N) is 1. The average Bonchev–Trinajstić information content (AvgIpc) is 2.86. The third-order valence-corrected chi connectivity index (χ3v) is 3.05. The van der Waals surface area contributed by atoms with Crippen LogP contribution in [0.25, 0.3) is 11.0 Å². The lowest BCUT2D eigenvalue weighted by atomic mass is 10.2. The maximum absolute atomic E-state index is 10.7. The van der Waals surface area contributed by atoms with Gasteiger partial charge in [0.1, 0.15) is 11.5 Å². The Kier molecular flexibility index (Phi) is 2.93. The average molecular weight is 273 g/mol. The van der Waals surface area contributed by atoms with Gasteiger partial charge in [0.15, 0.2) is 6.29 Å². The van der Waals surface area contributed by atoms with E-state index in [0.717, 1.165) is 11.0 Å². The quantitative estimate of drug-likeness (QED) is 0.738. The Morgan fingerprint density at radius 3 is 2.74 bits per heavy atom. The summed E-state index contributed by atoms with van der Waals surface area (Å²) in [6, 6.07) is 10.5. The number of carbonyl (C=O) groups excluding carboxylic acids is 1. The highest BCUT2D eigenvalue weighted by atomic mass is 35.5. The first kappa shape index (κ1) is 11.7. The van der Waals surface area contributed by atoms with Crippen molar-refractivity contribution in [3.8, 4) is 11.5 Å². The van der Waals surface area contributed by atoms with Crippen molar-refractivity contribution < 1.29 is 9.53 Å². The van der Waals surface area contributed by atoms with Crippen LogP contribution in [0, 0.1) is 0 Å². The van der Waals surface area contributed by atoms with Crippen LogP contribution in [0.1, 0.15) is 10.4 Å². The number of aromatic nitrogens is 2. The minimum atomic E-state index is 0.369. The van der Waals surface area contributed by atoms with E-state index in [9.17, 15) is 4.79 Å². The number of H-pyrrole nitrogens is 1. The number of halogens is 1. The minimum Gasteiger partial charge on any atom is -0.457 e. The number of aromatic amines is 1. The van der Waals surface area contributed by atoms with E-state index in [1.807, 2.05) is 18.2 Å². The van der Waals surface area contributed by atoms with Crippen molar-refractivity contribution in [2.75, 3.05) is 0 Å². The summed E-state index contributed by atoms with van der Waals surface area (Å²) in [6.07, 6.45) is 2.34. The Bertz CT molecular complexity index is 752. The second-order valence-corrected chi connectivity index (χ2v) is 4.39. The molecule has 0 radical (unpaired) electrons. The van der Waals surface area contributed by atoms with Crippen molar-refractivity contribution in [3.63, 3.8) is 0 Å². The molecule has 94 valence electrons. The Labute approximate surface area is 114 Å². The van der Waals surface area contributed by atoms with Crippen LogP contribution in [0.5, 0.6) is 11.5 Å². The molecule has 3 rings (SSSR count). The summed E-state index contributed by atoms with van der Waals surface area (Å²) >= 11 is 5.94. The van der Waals surface area contributed by atoms with Crippen molar-refractivity contribution in [2.24, 2.45) is 0 Å². The standard InChI is InChI=1S/C14H9ClN2O2/c15-12-5-10(2-1-9(12)7-18)19-11-3-4-13-14(6-11)17-8-16-13/h1-8H,(H,16,17). The van der Waals surface area contributed by atoms with E-state index in [2.05, 4.69) is 9.97 Å². The normalized spacial score (nSPS) is 10.6. The fourth-order valence-corrected chi connectivity index (χ4v) is 1.99. The predicted molar refractivity (Wildman–Crippen MR) is 73.0 cm³/mol. The van der Waals surface area contributed by atoms with Crippen molar-refractivity contribution in [3.05, 3.63) is 53.3 Å². The molecule has 0 saturated heterocycles. The molecule has 0 saturated carbocycles. The Balaban J connectivity index is 1.91. The zero-order valence-corrected chi connectivity index (χ0v) is 10.5. The number of imidazole rings is 1. The molecule has 0 aliphatic heterocycles. The second-order valence-electron chi connectivity index (χ2n) is 3.98. The fourth-order valence-electron chi connectivity index (χ4n) is 1.78. The molecule has 0 unspecified atom stereocenters. The van der Waals surface area contributed by atoms with Crippen molar-refractivity contribution in [2.45, 2.75) is 0 Å². The number of benzene rings is 2. The molecule has 0 atom stereocenters. The van der Waals surface area contributed by atoms with Gasteiger partial charge in [0, 0.05) is 17.7 Å². The smallest absolute Gasteiger partial charge is 0.151 e. The van der Waals surface area contributed by atoms with Gasteiger partial charge in [-0.2, -0.15) is 0 Å². The van der Waals surface area contributed by atoms with Gasteiger partial charge >= 0.3 is 0 Å². The van der Waals surface area contributed by atoms with Gasteiger partial charge in [0.25, 0.3) is 0 Å². The summed E-state index contributed by atoms with van der Waals surface area (Å²) in [7, 11) is 0. The van der Waals surface area contributed by atoms with Crippen LogP contribution in [0.15, 0.2) is 42.7 Å². The topological polar surface area (TPSA) is 55.0 Å². The summed E-state index contributed by atoms with van der Waals surface area (Å²) < 4.78 is 5.68. The number of nitrogens with zero attached hydrogens (tertiary/aromatic N) is 1. The molecule has 0 amide bonds. The minimum absolute atomic E-state index is 0.369. The van der Waals surface area contributed by atoms with Crippen LogP contribution in [-0.4, -0.2) is 16.3 Å². The molecule has 19 heavy (non-hydrogen) atoms. The number of ether oxygens (including phenoxy) is 1. The molecule has 4 nitrogen and oxygen atoms in total. The lowest BCUT2D eigenvalue weighted by Crippen LogP contribution is -1.87. The SMILES string of the molecule is O=Cc1ccc(Oc2ccc3[nH]cnc3c2)cc1Cl. The highest BCUT2D eigenvalue weighted by Crippen LogP contribution is 2.27. The molecule has 5 heteroatoms. The first-order valence-corrected chi connectivity index (χ1v) is 6.00. The maximum atomic E-state index is 10.7. The molecule has 0 spiro atoms. The van der Waals surface area contributed by atoms with E-state index in [-0.39, 0.29) is 0 Å². The third-order valence-electron chi connectivity index (χ3n) is 2.73. The molecule has 0 aliphatic carbocycles. The Morgan fingerprint density at radius 2 is 1.95 bits per heavy atom. The third kappa shape index (κ3) is 2.30. The molecule has 1 N–H and O–H groups in total. The summed E-state index contributed by atoms with van der Waals surface area (Å²) in [5.41, 5.74) is 2.21. The largest absolute Gasteiger partial charge is 0.457 e. The highest BCUT2D eigenvalue weighted by Gasteiger charge is 2.04. The molecular weight excluding hydrogens is 264 g/mol. The Morgan fingerprint density at radius 1 is 1.16 bits per heavy atom.